The molecule has 0 saturated heterocycles. The van der Waals surface area contributed by atoms with Gasteiger partial charge in [-0.15, -0.1) is 0 Å². The molecule has 3 nitrogen and oxygen atoms in total. The third-order valence-corrected chi connectivity index (χ3v) is 2.26. The van der Waals surface area contributed by atoms with Gasteiger partial charge in [-0.25, -0.2) is 0 Å². The summed E-state index contributed by atoms with van der Waals surface area (Å²) in [6, 6.07) is 7.45. The van der Waals surface area contributed by atoms with Gasteiger partial charge in [-0.3, -0.25) is 4.79 Å². The third kappa shape index (κ3) is 4.47. The molecule has 17 heavy (non-hydrogen) atoms. The summed E-state index contributed by atoms with van der Waals surface area (Å²) in [5.41, 5.74) is 0.571. The number of esters is 1. The second kappa shape index (κ2) is 5.71. The number of carbonyl (C=O) groups excluding carboxylic acids is 1. The number of hydrogen-bond acceptors (Lipinski definition) is 3. The van der Waals surface area contributed by atoms with Gasteiger partial charge in [0.05, 0.1) is 5.41 Å². The van der Waals surface area contributed by atoms with Gasteiger partial charge in [0.15, 0.2) is 0 Å². The first-order valence-electron chi connectivity index (χ1n) is 5.99. The van der Waals surface area contributed by atoms with Crippen LogP contribution >= 0.6 is 0 Å². The van der Waals surface area contributed by atoms with E-state index in [0.717, 1.165) is 18.7 Å². The van der Waals surface area contributed by atoms with Crippen molar-refractivity contribution in [1.29, 1.82) is 0 Å². The lowest BCUT2D eigenvalue weighted by Gasteiger charge is -2.16. The van der Waals surface area contributed by atoms with Gasteiger partial charge in [-0.05, 0) is 51.5 Å². The first-order chi connectivity index (χ1) is 7.93. The summed E-state index contributed by atoms with van der Waals surface area (Å²) in [5, 5.41) is 3.26. The van der Waals surface area contributed by atoms with Crippen LogP contribution in [-0.2, 0) is 4.79 Å². The van der Waals surface area contributed by atoms with Crippen molar-refractivity contribution in [3.63, 3.8) is 0 Å². The average molecular weight is 235 g/mol. The van der Waals surface area contributed by atoms with Gasteiger partial charge in [0.1, 0.15) is 5.75 Å². The molecule has 3 heteroatoms. The largest absolute Gasteiger partial charge is 0.426 e. The van der Waals surface area contributed by atoms with Crippen LogP contribution in [0.25, 0.3) is 0 Å². The molecule has 94 valence electrons. The SMILES string of the molecule is CCCNc1ccc(OC(=O)C(C)(C)C)cc1. The number of benzene rings is 1. The highest BCUT2D eigenvalue weighted by Gasteiger charge is 2.23. The van der Waals surface area contributed by atoms with Gasteiger partial charge in [-0.2, -0.15) is 0 Å². The van der Waals surface area contributed by atoms with Crippen LogP contribution in [-0.4, -0.2) is 12.5 Å². The third-order valence-electron chi connectivity index (χ3n) is 2.26. The van der Waals surface area contributed by atoms with Gasteiger partial charge in [0.2, 0.25) is 0 Å². The van der Waals surface area contributed by atoms with Crippen LogP contribution in [0.1, 0.15) is 34.1 Å². The minimum absolute atomic E-state index is 0.216. The van der Waals surface area contributed by atoms with Crippen molar-refractivity contribution in [1.82, 2.24) is 0 Å². The van der Waals surface area contributed by atoms with Crippen LogP contribution in [0.15, 0.2) is 24.3 Å². The Hall–Kier alpha value is -1.51. The van der Waals surface area contributed by atoms with Crippen molar-refractivity contribution in [3.8, 4) is 5.75 Å². The van der Waals surface area contributed by atoms with Crippen LogP contribution in [0, 0.1) is 5.41 Å². The molecule has 0 amide bonds. The van der Waals surface area contributed by atoms with Crippen molar-refractivity contribution in [3.05, 3.63) is 24.3 Å². The molecule has 1 aromatic rings. The molecule has 0 aliphatic heterocycles. The fourth-order valence-corrected chi connectivity index (χ4v) is 1.17. The average Bonchev–Trinajstić information content (AvgIpc) is 2.27. The first-order valence-corrected chi connectivity index (χ1v) is 5.99. The molecule has 0 atom stereocenters. The molecule has 1 aromatic carbocycles. The molecule has 0 unspecified atom stereocenters. The number of hydrogen-bond donors (Lipinski definition) is 1. The fraction of sp³-hybridized carbons (Fsp3) is 0.500. The fourth-order valence-electron chi connectivity index (χ4n) is 1.17. The standard InChI is InChI=1S/C14H21NO2/c1-5-10-15-11-6-8-12(9-7-11)17-13(16)14(2,3)4/h6-9,15H,5,10H2,1-4H3. The molecule has 0 fully saturated rings. The highest BCUT2D eigenvalue weighted by Crippen LogP contribution is 2.20. The molecule has 1 N–H and O–H groups in total. The Bertz CT molecular complexity index is 363. The Kier molecular flexibility index (Phi) is 4.55. The van der Waals surface area contributed by atoms with Gasteiger partial charge >= 0.3 is 5.97 Å². The van der Waals surface area contributed by atoms with E-state index in [1.54, 1.807) is 0 Å². The lowest BCUT2D eigenvalue weighted by molar-refractivity contribution is -0.142. The summed E-state index contributed by atoms with van der Waals surface area (Å²) < 4.78 is 5.27. The molecule has 1 rings (SSSR count). The van der Waals surface area contributed by atoms with E-state index in [9.17, 15) is 4.79 Å². The van der Waals surface area contributed by atoms with E-state index in [-0.39, 0.29) is 5.97 Å². The monoisotopic (exact) mass is 235 g/mol. The molecule has 0 bridgehead atoms. The summed E-state index contributed by atoms with van der Waals surface area (Å²) >= 11 is 0. The molecule has 0 aliphatic rings. The first kappa shape index (κ1) is 13.6. The van der Waals surface area contributed by atoms with Crippen LogP contribution in [0.4, 0.5) is 5.69 Å². The number of nitrogens with one attached hydrogen (secondary N) is 1. The maximum atomic E-state index is 11.7. The zero-order valence-electron chi connectivity index (χ0n) is 11.0. The maximum Gasteiger partial charge on any atom is 0.316 e. The Morgan fingerprint density at radius 3 is 2.29 bits per heavy atom. The van der Waals surface area contributed by atoms with Crippen LogP contribution < -0.4 is 10.1 Å². The zero-order valence-corrected chi connectivity index (χ0v) is 11.0. The van der Waals surface area contributed by atoms with Gasteiger partial charge in [0.25, 0.3) is 0 Å². The van der Waals surface area contributed by atoms with Crippen LogP contribution in [0.3, 0.4) is 0 Å². The molecule has 0 aliphatic carbocycles. The van der Waals surface area contributed by atoms with Crippen molar-refractivity contribution in [2.45, 2.75) is 34.1 Å². The molecule has 0 aromatic heterocycles. The Labute approximate surface area is 103 Å². The van der Waals surface area contributed by atoms with E-state index < -0.39 is 5.41 Å². The number of ether oxygens (including phenoxy) is 1. The molecule has 0 radical (unpaired) electrons. The van der Waals surface area contributed by atoms with E-state index in [0.29, 0.717) is 5.75 Å². The lowest BCUT2D eigenvalue weighted by Crippen LogP contribution is -2.25. The normalized spacial score (nSPS) is 11.1. The number of carbonyl (C=O) groups is 1. The second-order valence-electron chi connectivity index (χ2n) is 5.09. The number of rotatable bonds is 4. The predicted octanol–water partition coefficient (Wildman–Crippen LogP) is 3.46. The van der Waals surface area contributed by atoms with Gasteiger partial charge in [0, 0.05) is 12.2 Å². The topological polar surface area (TPSA) is 38.3 Å². The summed E-state index contributed by atoms with van der Waals surface area (Å²) in [5.74, 6) is 0.374. The molecule has 0 spiro atoms. The molecule has 0 heterocycles. The number of anilines is 1. The summed E-state index contributed by atoms with van der Waals surface area (Å²) in [6.45, 7) is 8.58. The van der Waals surface area contributed by atoms with Gasteiger partial charge < -0.3 is 10.1 Å². The highest BCUT2D eigenvalue weighted by atomic mass is 16.5. The van der Waals surface area contributed by atoms with Crippen molar-refractivity contribution in [2.75, 3.05) is 11.9 Å². The van der Waals surface area contributed by atoms with E-state index in [4.69, 9.17) is 4.74 Å². The predicted molar refractivity (Wildman–Crippen MR) is 70.3 cm³/mol. The van der Waals surface area contributed by atoms with E-state index >= 15 is 0 Å². The smallest absolute Gasteiger partial charge is 0.316 e. The van der Waals surface area contributed by atoms with Crippen LogP contribution in [0.5, 0.6) is 5.75 Å². The summed E-state index contributed by atoms with van der Waals surface area (Å²) in [4.78, 5) is 11.7. The summed E-state index contributed by atoms with van der Waals surface area (Å²) in [6.07, 6.45) is 1.08. The molecular weight excluding hydrogens is 214 g/mol. The Morgan fingerprint density at radius 1 is 1.24 bits per heavy atom. The second-order valence-corrected chi connectivity index (χ2v) is 5.09. The minimum atomic E-state index is -0.473. The van der Waals surface area contributed by atoms with Gasteiger partial charge in [-0.1, -0.05) is 6.92 Å². The quantitative estimate of drug-likeness (QED) is 0.641. The Balaban J connectivity index is 2.59. The minimum Gasteiger partial charge on any atom is -0.426 e. The van der Waals surface area contributed by atoms with E-state index in [2.05, 4.69) is 12.2 Å². The van der Waals surface area contributed by atoms with Crippen molar-refractivity contribution < 1.29 is 9.53 Å². The van der Waals surface area contributed by atoms with Crippen molar-refractivity contribution in [2.24, 2.45) is 5.41 Å². The molecular formula is C14H21NO2. The zero-order chi connectivity index (χ0) is 12.9. The van der Waals surface area contributed by atoms with Crippen LogP contribution in [0.2, 0.25) is 0 Å². The highest BCUT2D eigenvalue weighted by molar-refractivity contribution is 5.77. The Morgan fingerprint density at radius 2 is 1.82 bits per heavy atom. The maximum absolute atomic E-state index is 11.7. The van der Waals surface area contributed by atoms with Crippen molar-refractivity contribution >= 4 is 11.7 Å². The molecule has 0 saturated carbocycles. The summed E-state index contributed by atoms with van der Waals surface area (Å²) in [7, 11) is 0. The van der Waals surface area contributed by atoms with E-state index in [1.807, 2.05) is 45.0 Å². The lowest BCUT2D eigenvalue weighted by atomic mass is 9.97. The van der Waals surface area contributed by atoms with E-state index in [1.165, 1.54) is 0 Å².